The van der Waals surface area contributed by atoms with E-state index in [9.17, 15) is 13.2 Å². The quantitative estimate of drug-likeness (QED) is 0.233. The Morgan fingerprint density at radius 3 is 1.88 bits per heavy atom. The first kappa shape index (κ1) is 29.8. The molecule has 0 amide bonds. The van der Waals surface area contributed by atoms with Crippen molar-refractivity contribution in [3.63, 3.8) is 0 Å². The Kier molecular flexibility index (Phi) is 8.76. The van der Waals surface area contributed by atoms with Crippen molar-refractivity contribution >= 4 is 34.4 Å². The topological polar surface area (TPSA) is 63.7 Å². The van der Waals surface area contributed by atoms with Gasteiger partial charge in [-0.1, -0.05) is 112 Å². The van der Waals surface area contributed by atoms with E-state index in [0.29, 0.717) is 12.8 Å². The highest BCUT2D eigenvalue weighted by atomic mass is 32.2. The van der Waals surface area contributed by atoms with Crippen LogP contribution in [-0.2, 0) is 19.6 Å². The number of carbonyl (C=O) groups excluding carboxylic acids is 1. The Morgan fingerprint density at radius 1 is 0.900 bits per heavy atom. The molecule has 3 aromatic rings. The lowest BCUT2D eigenvalue weighted by atomic mass is 10.2. The van der Waals surface area contributed by atoms with Gasteiger partial charge in [0.1, 0.15) is 6.04 Å². The molecule has 1 aliphatic rings. The Morgan fingerprint density at radius 2 is 1.43 bits per heavy atom. The summed E-state index contributed by atoms with van der Waals surface area (Å²) in [6, 6.07) is 26.9. The van der Waals surface area contributed by atoms with Crippen molar-refractivity contribution in [1.29, 1.82) is 0 Å². The molecule has 0 aromatic heterocycles. The van der Waals surface area contributed by atoms with Crippen LogP contribution in [0.1, 0.15) is 59.4 Å². The average Bonchev–Trinajstić information content (AvgIpc) is 3.30. The Hall–Kier alpha value is -3.16. The van der Waals surface area contributed by atoms with Crippen LogP contribution in [0.15, 0.2) is 101 Å². The van der Waals surface area contributed by atoms with Gasteiger partial charge < -0.3 is 4.74 Å². The van der Waals surface area contributed by atoms with E-state index in [4.69, 9.17) is 4.74 Å². The molecule has 0 saturated heterocycles. The van der Waals surface area contributed by atoms with Gasteiger partial charge in [-0.15, -0.1) is 0 Å². The highest BCUT2D eigenvalue weighted by Crippen LogP contribution is 2.48. The molecule has 1 heterocycles. The monoisotopic (exact) mass is 575 g/mol. The van der Waals surface area contributed by atoms with Crippen molar-refractivity contribution in [1.82, 2.24) is 4.31 Å². The van der Waals surface area contributed by atoms with E-state index < -0.39 is 30.1 Å². The van der Waals surface area contributed by atoms with Crippen LogP contribution in [0.2, 0.25) is 5.04 Å². The minimum atomic E-state index is -4.05. The molecule has 3 aromatic carbocycles. The third kappa shape index (κ3) is 5.17. The Bertz CT molecular complexity index is 1420. The number of esters is 1. The zero-order chi connectivity index (χ0) is 29.1. The maximum absolute atomic E-state index is 14.4. The Balaban J connectivity index is 2.12. The normalized spacial score (nSPS) is 16.4. The SMILES string of the molecule is CCCC1=C([Si](c2ccccc2)(c2ccccc2)C(C)(C)C)C[C@@H](C(=O)OCC)N1S(=O)(=O)c1ccc(C)cc1. The van der Waals surface area contributed by atoms with Gasteiger partial charge in [-0.3, -0.25) is 4.31 Å². The second-order valence-corrected chi connectivity index (χ2v) is 18.1. The van der Waals surface area contributed by atoms with Gasteiger partial charge in [0, 0.05) is 5.70 Å². The minimum absolute atomic E-state index is 0.185. The molecule has 0 unspecified atom stereocenters. The maximum Gasteiger partial charge on any atom is 0.330 e. The van der Waals surface area contributed by atoms with Gasteiger partial charge in [-0.2, -0.15) is 0 Å². The van der Waals surface area contributed by atoms with Crippen LogP contribution in [0.3, 0.4) is 0 Å². The summed E-state index contributed by atoms with van der Waals surface area (Å²) in [5.41, 5.74) is 1.72. The van der Waals surface area contributed by atoms with Crippen LogP contribution in [0, 0.1) is 6.92 Å². The molecule has 7 heteroatoms. The molecule has 5 nitrogen and oxygen atoms in total. The largest absolute Gasteiger partial charge is 0.464 e. The van der Waals surface area contributed by atoms with Crippen molar-refractivity contribution in [3.05, 3.63) is 101 Å². The van der Waals surface area contributed by atoms with Gasteiger partial charge in [0.25, 0.3) is 10.0 Å². The van der Waals surface area contributed by atoms with E-state index in [0.717, 1.165) is 22.9 Å². The molecular formula is C33H41NO4SSi. The summed E-state index contributed by atoms with van der Waals surface area (Å²) in [5.74, 6) is -0.500. The van der Waals surface area contributed by atoms with Crippen molar-refractivity contribution in [3.8, 4) is 0 Å². The van der Waals surface area contributed by atoms with E-state index >= 15 is 0 Å². The average molecular weight is 576 g/mol. The highest BCUT2D eigenvalue weighted by Gasteiger charge is 2.57. The lowest BCUT2D eigenvalue weighted by Gasteiger charge is -2.46. The van der Waals surface area contributed by atoms with Gasteiger partial charge in [0.2, 0.25) is 0 Å². The van der Waals surface area contributed by atoms with Crippen LogP contribution in [0.4, 0.5) is 0 Å². The molecule has 4 rings (SSSR count). The van der Waals surface area contributed by atoms with E-state index in [2.05, 4.69) is 76.2 Å². The second kappa shape index (κ2) is 11.8. The standard InChI is InChI=1S/C33H41NO4SSi/c1-7-15-29-31(40(33(4,5)6,27-16-11-9-12-17-27)28-18-13-10-14-19-28)24-30(32(35)38-8-2)34(29)39(36,37)26-22-20-25(3)21-23-26/h9-14,16-23,30H,7-8,15,24H2,1-6H3/t30-/m0/s1. The molecular weight excluding hydrogens is 535 g/mol. The van der Waals surface area contributed by atoms with Crippen molar-refractivity contribution < 1.29 is 17.9 Å². The summed E-state index contributed by atoms with van der Waals surface area (Å²) in [5, 5.41) is 3.25. The van der Waals surface area contributed by atoms with Crippen LogP contribution >= 0.6 is 0 Å². The first-order chi connectivity index (χ1) is 19.0. The molecule has 0 radical (unpaired) electrons. The first-order valence-corrected chi connectivity index (χ1v) is 17.5. The molecule has 0 saturated carbocycles. The van der Waals surface area contributed by atoms with Crippen LogP contribution in [0.5, 0.6) is 0 Å². The van der Waals surface area contributed by atoms with Gasteiger partial charge in [-0.25, -0.2) is 13.2 Å². The zero-order valence-electron chi connectivity index (χ0n) is 24.5. The fourth-order valence-electron chi connectivity index (χ4n) is 6.35. The lowest BCUT2D eigenvalue weighted by Crippen LogP contribution is -2.66. The molecule has 212 valence electrons. The summed E-state index contributed by atoms with van der Waals surface area (Å²) < 4.78 is 35.8. The van der Waals surface area contributed by atoms with Crippen molar-refractivity contribution in [2.24, 2.45) is 0 Å². The lowest BCUT2D eigenvalue weighted by molar-refractivity contribution is -0.146. The fraction of sp³-hybridized carbons (Fsp3) is 0.364. The second-order valence-electron chi connectivity index (χ2n) is 11.5. The number of nitrogens with zero attached hydrogens (tertiary/aromatic N) is 1. The number of benzene rings is 3. The molecule has 0 bridgehead atoms. The number of ether oxygens (including phenoxy) is 1. The van der Waals surface area contributed by atoms with E-state index in [1.54, 1.807) is 31.2 Å². The van der Waals surface area contributed by atoms with E-state index in [1.165, 1.54) is 14.7 Å². The minimum Gasteiger partial charge on any atom is -0.464 e. The smallest absolute Gasteiger partial charge is 0.330 e. The third-order valence-corrected chi connectivity index (χ3v) is 15.8. The van der Waals surface area contributed by atoms with Gasteiger partial charge in [-0.05, 0) is 59.4 Å². The maximum atomic E-state index is 14.4. The van der Waals surface area contributed by atoms with Gasteiger partial charge in [0.05, 0.1) is 11.5 Å². The van der Waals surface area contributed by atoms with E-state index in [1.807, 2.05) is 19.1 Å². The number of hydrogen-bond donors (Lipinski definition) is 0. The summed E-state index contributed by atoms with van der Waals surface area (Å²) in [6.45, 7) is 12.7. The first-order valence-electron chi connectivity index (χ1n) is 14.1. The molecule has 1 atom stereocenters. The zero-order valence-corrected chi connectivity index (χ0v) is 26.3. The number of carbonyl (C=O) groups is 1. The number of sulfonamides is 1. The molecule has 1 aliphatic heterocycles. The van der Waals surface area contributed by atoms with Crippen LogP contribution in [-0.4, -0.2) is 39.4 Å². The van der Waals surface area contributed by atoms with Gasteiger partial charge in [0.15, 0.2) is 8.07 Å². The molecule has 0 aliphatic carbocycles. The number of hydrogen-bond acceptors (Lipinski definition) is 4. The summed E-state index contributed by atoms with van der Waals surface area (Å²) in [6.07, 6.45) is 1.60. The summed E-state index contributed by atoms with van der Waals surface area (Å²) in [7, 11) is -6.94. The fourth-order valence-corrected chi connectivity index (χ4v) is 14.4. The number of allylic oxidation sites excluding steroid dienone is 1. The summed E-state index contributed by atoms with van der Waals surface area (Å²) in [4.78, 5) is 13.8. The predicted molar refractivity (Wildman–Crippen MR) is 165 cm³/mol. The van der Waals surface area contributed by atoms with E-state index in [-0.39, 0.29) is 16.5 Å². The van der Waals surface area contributed by atoms with Crippen molar-refractivity contribution in [2.75, 3.05) is 6.61 Å². The Labute approximate surface area is 241 Å². The third-order valence-electron chi connectivity index (χ3n) is 7.91. The highest BCUT2D eigenvalue weighted by molar-refractivity contribution is 7.89. The van der Waals surface area contributed by atoms with Crippen molar-refractivity contribution in [2.45, 2.75) is 76.8 Å². The van der Waals surface area contributed by atoms with Gasteiger partial charge >= 0.3 is 5.97 Å². The summed E-state index contributed by atoms with van der Waals surface area (Å²) >= 11 is 0. The number of rotatable bonds is 9. The molecule has 0 spiro atoms. The molecule has 0 N–H and O–H groups in total. The van der Waals surface area contributed by atoms with Crippen LogP contribution in [0.25, 0.3) is 0 Å². The van der Waals surface area contributed by atoms with Crippen LogP contribution < -0.4 is 10.4 Å². The predicted octanol–water partition coefficient (Wildman–Crippen LogP) is 5.98. The number of aryl methyl sites for hydroxylation is 1. The molecule has 0 fully saturated rings. The molecule has 40 heavy (non-hydrogen) atoms.